The molecule has 2 fully saturated rings. The fourth-order valence-electron chi connectivity index (χ4n) is 3.69. The van der Waals surface area contributed by atoms with Crippen molar-refractivity contribution < 1.29 is 19.5 Å². The smallest absolute Gasteiger partial charge is 0.326 e. The molecular weight excluding hydrogens is 334 g/mol. The highest BCUT2D eigenvalue weighted by Gasteiger charge is 2.34. The molecule has 7 heteroatoms. The lowest BCUT2D eigenvalue weighted by Gasteiger charge is -2.36. The first kappa shape index (κ1) is 18.2. The van der Waals surface area contributed by atoms with E-state index in [9.17, 15) is 14.4 Å². The number of para-hydroxylation sites is 1. The van der Waals surface area contributed by atoms with Gasteiger partial charge in [0.05, 0.1) is 0 Å². The molecule has 0 bridgehead atoms. The molecule has 1 aromatic carbocycles. The summed E-state index contributed by atoms with van der Waals surface area (Å²) in [5, 5.41) is 9.16. The molecule has 7 nitrogen and oxygen atoms in total. The molecule has 2 heterocycles. The second-order valence-corrected chi connectivity index (χ2v) is 6.79. The van der Waals surface area contributed by atoms with Gasteiger partial charge < -0.3 is 19.8 Å². The van der Waals surface area contributed by atoms with Crippen LogP contribution in [0.1, 0.15) is 25.7 Å². The van der Waals surface area contributed by atoms with Gasteiger partial charge in [-0.2, -0.15) is 0 Å². The summed E-state index contributed by atoms with van der Waals surface area (Å²) in [6.07, 6.45) is 1.43. The normalized spacial score (nSPS) is 20.3. The zero-order chi connectivity index (χ0) is 18.5. The molecule has 1 aromatic rings. The molecule has 0 aliphatic carbocycles. The minimum atomic E-state index is -0.959. The molecular formula is C19H25N3O4. The van der Waals surface area contributed by atoms with Crippen LogP contribution in [0.2, 0.25) is 0 Å². The van der Waals surface area contributed by atoms with Crippen molar-refractivity contribution in [2.24, 2.45) is 0 Å². The first-order chi connectivity index (χ1) is 12.6. The van der Waals surface area contributed by atoms with E-state index in [4.69, 9.17) is 5.11 Å². The molecule has 2 aliphatic heterocycles. The number of hydrogen-bond donors (Lipinski definition) is 1. The average molecular weight is 359 g/mol. The molecule has 3 rings (SSSR count). The zero-order valence-corrected chi connectivity index (χ0v) is 14.8. The Kier molecular flexibility index (Phi) is 5.75. The second kappa shape index (κ2) is 8.21. The summed E-state index contributed by atoms with van der Waals surface area (Å²) >= 11 is 0. The fraction of sp³-hybridized carbons (Fsp3) is 0.526. The van der Waals surface area contributed by atoms with Crippen molar-refractivity contribution in [3.8, 4) is 0 Å². The number of carbonyl (C=O) groups excluding carboxylic acids is 2. The largest absolute Gasteiger partial charge is 0.480 e. The van der Waals surface area contributed by atoms with E-state index in [-0.39, 0.29) is 24.7 Å². The van der Waals surface area contributed by atoms with Gasteiger partial charge in [0, 0.05) is 51.3 Å². The Labute approximate surface area is 153 Å². The highest BCUT2D eigenvalue weighted by Crippen LogP contribution is 2.20. The molecule has 2 aliphatic rings. The Morgan fingerprint density at radius 3 is 2.23 bits per heavy atom. The van der Waals surface area contributed by atoms with E-state index in [2.05, 4.69) is 17.0 Å². The van der Waals surface area contributed by atoms with Crippen molar-refractivity contribution in [3.05, 3.63) is 30.3 Å². The molecule has 1 atom stereocenters. The summed E-state index contributed by atoms with van der Waals surface area (Å²) in [4.78, 5) is 41.3. The monoisotopic (exact) mass is 359 g/mol. The van der Waals surface area contributed by atoms with Crippen molar-refractivity contribution >= 4 is 23.5 Å². The van der Waals surface area contributed by atoms with E-state index in [1.807, 2.05) is 18.2 Å². The van der Waals surface area contributed by atoms with Crippen molar-refractivity contribution in [3.63, 3.8) is 0 Å². The van der Waals surface area contributed by atoms with E-state index < -0.39 is 12.0 Å². The van der Waals surface area contributed by atoms with Crippen LogP contribution in [0.25, 0.3) is 0 Å². The Bertz CT molecular complexity index is 656. The van der Waals surface area contributed by atoms with Crippen LogP contribution in [-0.2, 0) is 14.4 Å². The number of aliphatic carboxylic acids is 1. The Balaban J connectivity index is 1.44. The van der Waals surface area contributed by atoms with Gasteiger partial charge in [-0.3, -0.25) is 9.59 Å². The van der Waals surface area contributed by atoms with E-state index in [1.165, 1.54) is 4.90 Å². The Morgan fingerprint density at radius 2 is 1.58 bits per heavy atom. The van der Waals surface area contributed by atoms with Crippen molar-refractivity contribution in [2.75, 3.05) is 37.6 Å². The molecule has 0 unspecified atom stereocenters. The first-order valence-electron chi connectivity index (χ1n) is 9.16. The lowest BCUT2D eigenvalue weighted by molar-refractivity contribution is -0.148. The van der Waals surface area contributed by atoms with Crippen LogP contribution in [0.5, 0.6) is 0 Å². The van der Waals surface area contributed by atoms with E-state index in [1.54, 1.807) is 4.90 Å². The SMILES string of the molecule is O=C(O)[C@@H]1CCCN1C(=O)CCC(=O)N1CCN(c2ccccc2)CC1. The molecule has 0 saturated carbocycles. The minimum Gasteiger partial charge on any atom is -0.480 e. The summed E-state index contributed by atoms with van der Waals surface area (Å²) in [5.74, 6) is -1.22. The number of amides is 2. The quantitative estimate of drug-likeness (QED) is 0.854. The number of anilines is 1. The van der Waals surface area contributed by atoms with Crippen molar-refractivity contribution in [1.82, 2.24) is 9.80 Å². The van der Waals surface area contributed by atoms with Gasteiger partial charge >= 0.3 is 5.97 Å². The summed E-state index contributed by atoms with van der Waals surface area (Å²) in [6, 6.07) is 9.38. The number of carboxylic acid groups (broad SMARTS) is 1. The highest BCUT2D eigenvalue weighted by atomic mass is 16.4. The number of likely N-dealkylation sites (tertiary alicyclic amines) is 1. The lowest BCUT2D eigenvalue weighted by atomic mass is 10.2. The van der Waals surface area contributed by atoms with Gasteiger partial charge in [-0.1, -0.05) is 18.2 Å². The maximum atomic E-state index is 12.4. The molecule has 0 aromatic heterocycles. The van der Waals surface area contributed by atoms with Crippen LogP contribution in [0.15, 0.2) is 30.3 Å². The van der Waals surface area contributed by atoms with Crippen LogP contribution in [0.3, 0.4) is 0 Å². The third-order valence-electron chi connectivity index (χ3n) is 5.16. The molecule has 0 radical (unpaired) electrons. The Hall–Kier alpha value is -2.57. The van der Waals surface area contributed by atoms with Crippen molar-refractivity contribution in [1.29, 1.82) is 0 Å². The summed E-state index contributed by atoms with van der Waals surface area (Å²) < 4.78 is 0. The fourth-order valence-corrected chi connectivity index (χ4v) is 3.69. The van der Waals surface area contributed by atoms with Gasteiger partial charge in [0.1, 0.15) is 6.04 Å². The lowest BCUT2D eigenvalue weighted by Crippen LogP contribution is -2.49. The third-order valence-corrected chi connectivity index (χ3v) is 5.16. The second-order valence-electron chi connectivity index (χ2n) is 6.79. The maximum absolute atomic E-state index is 12.4. The van der Waals surface area contributed by atoms with Gasteiger partial charge in [0.25, 0.3) is 0 Å². The van der Waals surface area contributed by atoms with Crippen LogP contribution in [0, 0.1) is 0 Å². The number of hydrogen-bond acceptors (Lipinski definition) is 4. The highest BCUT2D eigenvalue weighted by molar-refractivity contribution is 5.87. The van der Waals surface area contributed by atoms with Gasteiger partial charge in [0.2, 0.25) is 11.8 Å². The number of rotatable bonds is 5. The number of piperazine rings is 1. The number of carbonyl (C=O) groups is 3. The molecule has 2 saturated heterocycles. The molecule has 2 amide bonds. The number of carboxylic acids is 1. The summed E-state index contributed by atoms with van der Waals surface area (Å²) in [7, 11) is 0. The van der Waals surface area contributed by atoms with Gasteiger partial charge in [-0.05, 0) is 25.0 Å². The standard InChI is InChI=1S/C19H25N3O4/c23-17(8-9-18(24)22-10-4-7-16(22)19(25)26)21-13-11-20(12-14-21)15-5-2-1-3-6-15/h1-3,5-6,16H,4,7-14H2,(H,25,26)/t16-/m0/s1. The Morgan fingerprint density at radius 1 is 0.923 bits per heavy atom. The number of nitrogens with zero attached hydrogens (tertiary/aromatic N) is 3. The van der Waals surface area contributed by atoms with E-state index in [0.29, 0.717) is 32.5 Å². The number of benzene rings is 1. The summed E-state index contributed by atoms with van der Waals surface area (Å²) in [5.41, 5.74) is 1.16. The first-order valence-corrected chi connectivity index (χ1v) is 9.16. The van der Waals surface area contributed by atoms with Crippen LogP contribution >= 0.6 is 0 Å². The molecule has 140 valence electrons. The topological polar surface area (TPSA) is 81.2 Å². The maximum Gasteiger partial charge on any atom is 0.326 e. The van der Waals surface area contributed by atoms with Crippen LogP contribution in [-0.4, -0.2) is 71.5 Å². The van der Waals surface area contributed by atoms with E-state index in [0.717, 1.165) is 18.8 Å². The van der Waals surface area contributed by atoms with E-state index >= 15 is 0 Å². The van der Waals surface area contributed by atoms with Crippen LogP contribution < -0.4 is 4.90 Å². The van der Waals surface area contributed by atoms with Gasteiger partial charge in [-0.15, -0.1) is 0 Å². The van der Waals surface area contributed by atoms with Gasteiger partial charge in [0.15, 0.2) is 0 Å². The van der Waals surface area contributed by atoms with Crippen molar-refractivity contribution in [2.45, 2.75) is 31.7 Å². The van der Waals surface area contributed by atoms with Crippen LogP contribution in [0.4, 0.5) is 5.69 Å². The predicted molar refractivity (Wildman–Crippen MR) is 96.8 cm³/mol. The zero-order valence-electron chi connectivity index (χ0n) is 14.8. The molecule has 0 spiro atoms. The molecule has 1 N–H and O–H groups in total. The average Bonchev–Trinajstić information content (AvgIpc) is 3.17. The molecule has 26 heavy (non-hydrogen) atoms. The minimum absolute atomic E-state index is 0.0304. The summed E-state index contributed by atoms with van der Waals surface area (Å²) in [6.45, 7) is 3.31. The third kappa shape index (κ3) is 4.15. The predicted octanol–water partition coefficient (Wildman–Crippen LogP) is 1.19. The van der Waals surface area contributed by atoms with Gasteiger partial charge in [-0.25, -0.2) is 4.79 Å².